The number of ether oxygens (including phenoxy) is 2. The molecule has 5 heteroatoms. The van der Waals surface area contributed by atoms with Crippen molar-refractivity contribution in [2.45, 2.75) is 26.1 Å². The molecule has 15 heavy (non-hydrogen) atoms. The van der Waals surface area contributed by atoms with E-state index in [0.717, 1.165) is 18.4 Å². The molecule has 0 radical (unpaired) electrons. The zero-order chi connectivity index (χ0) is 11.1. The van der Waals surface area contributed by atoms with Gasteiger partial charge in [0.15, 0.2) is 11.5 Å². The normalized spacial score (nSPS) is 16.8. The van der Waals surface area contributed by atoms with Gasteiger partial charge in [0.2, 0.25) is 0 Å². The highest BCUT2D eigenvalue weighted by molar-refractivity contribution is 6.31. The van der Waals surface area contributed by atoms with Crippen LogP contribution in [0.5, 0.6) is 11.5 Å². The molecule has 2 nitrogen and oxygen atoms in total. The van der Waals surface area contributed by atoms with E-state index in [1.165, 1.54) is 12.1 Å². The molecule has 0 atom stereocenters. The largest absolute Gasteiger partial charge is 0.586 e. The first-order chi connectivity index (χ1) is 7.02. The second-order valence-electron chi connectivity index (χ2n) is 3.31. The van der Waals surface area contributed by atoms with Crippen molar-refractivity contribution in [3.8, 4) is 11.5 Å². The van der Waals surface area contributed by atoms with Crippen LogP contribution in [0, 0.1) is 0 Å². The smallest absolute Gasteiger partial charge is 0.395 e. The minimum Gasteiger partial charge on any atom is -0.395 e. The molecule has 1 aliphatic heterocycles. The van der Waals surface area contributed by atoms with Gasteiger partial charge in [0, 0.05) is 11.1 Å². The topological polar surface area (TPSA) is 18.5 Å². The lowest BCUT2D eigenvalue weighted by molar-refractivity contribution is -0.286. The quantitative estimate of drug-likeness (QED) is 0.778. The summed E-state index contributed by atoms with van der Waals surface area (Å²) in [6.07, 6.45) is -1.96. The fraction of sp³-hybridized carbons (Fsp3) is 0.400. The fourth-order valence-electron chi connectivity index (χ4n) is 1.47. The van der Waals surface area contributed by atoms with Crippen molar-refractivity contribution in [3.63, 3.8) is 0 Å². The van der Waals surface area contributed by atoms with E-state index >= 15 is 0 Å². The van der Waals surface area contributed by atoms with Crippen molar-refractivity contribution in [2.75, 3.05) is 0 Å². The van der Waals surface area contributed by atoms with Crippen LogP contribution < -0.4 is 9.47 Å². The van der Waals surface area contributed by atoms with E-state index in [-0.39, 0.29) is 11.5 Å². The van der Waals surface area contributed by atoms with Crippen LogP contribution in [0.4, 0.5) is 8.78 Å². The molecule has 0 N–H and O–H groups in total. The van der Waals surface area contributed by atoms with Crippen LogP contribution in [0.25, 0.3) is 0 Å². The van der Waals surface area contributed by atoms with E-state index in [9.17, 15) is 8.78 Å². The average Bonchev–Trinajstić information content (AvgIpc) is 2.39. The van der Waals surface area contributed by atoms with Gasteiger partial charge in [-0.15, -0.1) is 8.78 Å². The van der Waals surface area contributed by atoms with Gasteiger partial charge in [0.25, 0.3) is 0 Å². The highest BCUT2D eigenvalue weighted by Gasteiger charge is 2.43. The van der Waals surface area contributed by atoms with Gasteiger partial charge in [-0.05, 0) is 18.1 Å². The summed E-state index contributed by atoms with van der Waals surface area (Å²) in [6, 6.07) is 2.87. The number of benzene rings is 1. The number of fused-ring (bicyclic) bond motifs is 1. The van der Waals surface area contributed by atoms with E-state index < -0.39 is 6.29 Å². The third-order valence-electron chi connectivity index (χ3n) is 2.09. The molecule has 0 fully saturated rings. The Bertz CT molecular complexity index is 393. The van der Waals surface area contributed by atoms with Crippen LogP contribution in [-0.2, 0) is 6.42 Å². The van der Waals surface area contributed by atoms with Crippen LogP contribution in [0.1, 0.15) is 18.9 Å². The number of alkyl halides is 2. The Balaban J connectivity index is 2.36. The Hall–Kier alpha value is -1.03. The van der Waals surface area contributed by atoms with E-state index in [4.69, 9.17) is 11.6 Å². The van der Waals surface area contributed by atoms with E-state index in [1.807, 2.05) is 6.92 Å². The van der Waals surface area contributed by atoms with Crippen molar-refractivity contribution in [1.29, 1.82) is 0 Å². The lowest BCUT2D eigenvalue weighted by Crippen LogP contribution is -2.25. The summed E-state index contributed by atoms with van der Waals surface area (Å²) in [7, 11) is 0. The van der Waals surface area contributed by atoms with E-state index in [2.05, 4.69) is 9.47 Å². The molecule has 1 aliphatic rings. The predicted molar refractivity (Wildman–Crippen MR) is 51.7 cm³/mol. The summed E-state index contributed by atoms with van der Waals surface area (Å²) in [4.78, 5) is 0. The molecule has 0 unspecified atom stereocenters. The molecule has 2 rings (SSSR count). The van der Waals surface area contributed by atoms with E-state index in [0.29, 0.717) is 5.02 Å². The first-order valence-corrected chi connectivity index (χ1v) is 4.98. The van der Waals surface area contributed by atoms with E-state index in [1.54, 1.807) is 0 Å². The summed E-state index contributed by atoms with van der Waals surface area (Å²) in [5.74, 6) is 0.0395. The molecular formula is C10H9ClF2O2. The standard InChI is InChI=1S/C10H9ClF2O2/c1-2-3-6-4-8-9(5-7(6)11)15-10(12,13)14-8/h4-5H,2-3H2,1H3. The highest BCUT2D eigenvalue weighted by atomic mass is 35.5. The van der Waals surface area contributed by atoms with Crippen molar-refractivity contribution < 1.29 is 18.3 Å². The minimum atomic E-state index is -3.57. The number of rotatable bonds is 2. The third kappa shape index (κ3) is 2.00. The zero-order valence-electron chi connectivity index (χ0n) is 8.02. The number of hydrogen-bond donors (Lipinski definition) is 0. The summed E-state index contributed by atoms with van der Waals surface area (Å²) < 4.78 is 34.0. The molecule has 0 bridgehead atoms. The Labute approximate surface area is 90.7 Å². The molecule has 0 aromatic heterocycles. The number of hydrogen-bond acceptors (Lipinski definition) is 2. The Kier molecular flexibility index (Phi) is 2.46. The predicted octanol–water partition coefficient (Wildman–Crippen LogP) is 3.61. The first-order valence-electron chi connectivity index (χ1n) is 4.60. The molecule has 0 saturated heterocycles. The number of halogens is 3. The van der Waals surface area contributed by atoms with Gasteiger partial charge in [-0.1, -0.05) is 24.9 Å². The van der Waals surface area contributed by atoms with Crippen LogP contribution >= 0.6 is 11.6 Å². The van der Waals surface area contributed by atoms with Gasteiger partial charge in [-0.3, -0.25) is 0 Å². The minimum absolute atomic E-state index is 0.00940. The van der Waals surface area contributed by atoms with Gasteiger partial charge in [0.05, 0.1) is 0 Å². The van der Waals surface area contributed by atoms with Gasteiger partial charge in [-0.25, -0.2) is 0 Å². The second-order valence-corrected chi connectivity index (χ2v) is 3.72. The van der Waals surface area contributed by atoms with Crippen molar-refractivity contribution in [1.82, 2.24) is 0 Å². The molecule has 1 aromatic rings. The maximum atomic E-state index is 12.7. The van der Waals surface area contributed by atoms with Gasteiger partial charge in [-0.2, -0.15) is 0 Å². The molecule has 82 valence electrons. The molecule has 0 spiro atoms. The van der Waals surface area contributed by atoms with Crippen molar-refractivity contribution in [2.24, 2.45) is 0 Å². The highest BCUT2D eigenvalue weighted by Crippen LogP contribution is 2.43. The van der Waals surface area contributed by atoms with Crippen LogP contribution in [0.15, 0.2) is 12.1 Å². The summed E-state index contributed by atoms with van der Waals surface area (Å²) in [5.41, 5.74) is 0.791. The molecular weight excluding hydrogens is 226 g/mol. The average molecular weight is 235 g/mol. The maximum absolute atomic E-state index is 12.7. The van der Waals surface area contributed by atoms with Crippen LogP contribution in [0.3, 0.4) is 0 Å². The summed E-state index contributed by atoms with van der Waals surface area (Å²) in [5, 5.41) is 0.428. The molecule has 0 aliphatic carbocycles. The summed E-state index contributed by atoms with van der Waals surface area (Å²) >= 11 is 5.90. The Morgan fingerprint density at radius 1 is 1.27 bits per heavy atom. The number of aryl methyl sites for hydroxylation is 1. The molecule has 1 heterocycles. The SMILES string of the molecule is CCCc1cc2c(cc1Cl)OC(F)(F)O2. The molecule has 0 amide bonds. The van der Waals surface area contributed by atoms with Gasteiger partial charge in [0.1, 0.15) is 0 Å². The summed E-state index contributed by atoms with van der Waals surface area (Å²) in [6.45, 7) is 1.98. The van der Waals surface area contributed by atoms with Gasteiger partial charge >= 0.3 is 6.29 Å². The lowest BCUT2D eigenvalue weighted by atomic mass is 10.1. The zero-order valence-corrected chi connectivity index (χ0v) is 8.78. The second kappa shape index (κ2) is 3.52. The Morgan fingerprint density at radius 3 is 2.47 bits per heavy atom. The lowest BCUT2D eigenvalue weighted by Gasteiger charge is -2.04. The fourth-order valence-corrected chi connectivity index (χ4v) is 1.72. The molecule has 1 aromatic carbocycles. The van der Waals surface area contributed by atoms with Crippen LogP contribution in [0.2, 0.25) is 5.02 Å². The first kappa shape index (κ1) is 10.5. The monoisotopic (exact) mass is 234 g/mol. The van der Waals surface area contributed by atoms with Gasteiger partial charge < -0.3 is 9.47 Å². The maximum Gasteiger partial charge on any atom is 0.586 e. The third-order valence-corrected chi connectivity index (χ3v) is 2.44. The van der Waals surface area contributed by atoms with Crippen molar-refractivity contribution in [3.05, 3.63) is 22.7 Å². The Morgan fingerprint density at radius 2 is 1.87 bits per heavy atom. The molecule has 0 saturated carbocycles. The van der Waals surface area contributed by atoms with Crippen LogP contribution in [-0.4, -0.2) is 6.29 Å². The van der Waals surface area contributed by atoms with Crippen molar-refractivity contribution >= 4 is 11.6 Å².